The summed E-state index contributed by atoms with van der Waals surface area (Å²) in [7, 11) is 0. The van der Waals surface area contributed by atoms with Crippen molar-refractivity contribution in [2.24, 2.45) is 0 Å². The van der Waals surface area contributed by atoms with E-state index in [2.05, 4.69) is 4.90 Å². The minimum absolute atomic E-state index is 0.135. The van der Waals surface area contributed by atoms with Gasteiger partial charge in [-0.15, -0.1) is 11.3 Å². The summed E-state index contributed by atoms with van der Waals surface area (Å²) in [5.74, 6) is -0.135. The van der Waals surface area contributed by atoms with Gasteiger partial charge in [0, 0.05) is 30.9 Å². The van der Waals surface area contributed by atoms with Gasteiger partial charge < -0.3 is 14.7 Å². The van der Waals surface area contributed by atoms with Gasteiger partial charge in [-0.1, -0.05) is 0 Å². The number of likely N-dealkylation sites (tertiary alicyclic amines) is 1. The maximum atomic E-state index is 13.9. The van der Waals surface area contributed by atoms with Gasteiger partial charge in [0.05, 0.1) is 12.7 Å². The molecule has 1 atom stereocenters. The van der Waals surface area contributed by atoms with Crippen LogP contribution in [0.2, 0.25) is 0 Å². The molecule has 0 bridgehead atoms. The van der Waals surface area contributed by atoms with Crippen LogP contribution in [0.1, 0.15) is 18.4 Å². The average molecular weight is 323 g/mol. The molecule has 1 fully saturated rings. The van der Waals surface area contributed by atoms with Gasteiger partial charge in [0.25, 0.3) is 0 Å². The number of aliphatic hydroxyl groups excluding tert-OH is 1. The van der Waals surface area contributed by atoms with E-state index in [1.165, 1.54) is 0 Å². The van der Waals surface area contributed by atoms with E-state index in [0.717, 1.165) is 48.1 Å². The molecule has 2 aromatic rings. The van der Waals surface area contributed by atoms with Crippen LogP contribution in [-0.4, -0.2) is 49.0 Å². The lowest BCUT2D eigenvalue weighted by Gasteiger charge is -2.14. The first kappa shape index (κ1) is 15.9. The third kappa shape index (κ3) is 4.04. The van der Waals surface area contributed by atoms with Gasteiger partial charge in [0.1, 0.15) is 5.82 Å². The Balaban J connectivity index is 1.36. The number of β-amino-alcohol motifs (C(OH)–C–C–N with tert-alkyl or cyclic N) is 1. The molecule has 2 heterocycles. The second-order valence-corrected chi connectivity index (χ2v) is 6.81. The topological polar surface area (TPSA) is 32.7 Å². The predicted octanol–water partition coefficient (Wildman–Crippen LogP) is 3.06. The lowest BCUT2D eigenvalue weighted by atomic mass is 10.1. The fraction of sp³-hybridized carbons (Fsp3) is 0.529. The Morgan fingerprint density at radius 3 is 3.09 bits per heavy atom. The zero-order chi connectivity index (χ0) is 15.4. The highest BCUT2D eigenvalue weighted by atomic mass is 32.1. The maximum absolute atomic E-state index is 13.9. The van der Waals surface area contributed by atoms with Crippen LogP contribution in [0.25, 0.3) is 10.1 Å². The first-order valence-electron chi connectivity index (χ1n) is 7.86. The quantitative estimate of drug-likeness (QED) is 0.795. The minimum Gasteiger partial charge on any atom is -0.392 e. The molecule has 0 amide bonds. The molecule has 0 spiro atoms. The van der Waals surface area contributed by atoms with Crippen LogP contribution < -0.4 is 0 Å². The highest BCUT2D eigenvalue weighted by molar-refractivity contribution is 7.17. The largest absolute Gasteiger partial charge is 0.392 e. The number of nitrogens with zero attached hydrogens (tertiary/aromatic N) is 1. The van der Waals surface area contributed by atoms with Crippen molar-refractivity contribution in [3.63, 3.8) is 0 Å². The highest BCUT2D eigenvalue weighted by Gasteiger charge is 2.18. The summed E-state index contributed by atoms with van der Waals surface area (Å²) in [6.07, 6.45) is 2.29. The van der Waals surface area contributed by atoms with Gasteiger partial charge >= 0.3 is 0 Å². The zero-order valence-corrected chi connectivity index (χ0v) is 13.4. The molecule has 0 saturated carbocycles. The predicted molar refractivity (Wildman–Crippen MR) is 88.0 cm³/mol. The number of thiophene rings is 1. The number of hydrogen-bond acceptors (Lipinski definition) is 4. The van der Waals surface area contributed by atoms with Gasteiger partial charge in [0.2, 0.25) is 0 Å². The Bertz CT molecular complexity index is 616. The number of rotatable bonds is 7. The summed E-state index contributed by atoms with van der Waals surface area (Å²) < 4.78 is 20.5. The van der Waals surface area contributed by atoms with Crippen LogP contribution in [0, 0.1) is 5.82 Å². The summed E-state index contributed by atoms with van der Waals surface area (Å²) >= 11 is 1.56. The molecule has 0 aliphatic carbocycles. The Kier molecular flexibility index (Phi) is 5.41. The number of halogens is 1. The number of fused-ring (bicyclic) bond motifs is 1. The summed E-state index contributed by atoms with van der Waals surface area (Å²) in [5.41, 5.74) is 0.730. The molecule has 120 valence electrons. The molecule has 22 heavy (non-hydrogen) atoms. The van der Waals surface area contributed by atoms with Crippen molar-refractivity contribution in [2.75, 3.05) is 32.8 Å². The third-order valence-electron chi connectivity index (χ3n) is 4.15. The first-order valence-corrected chi connectivity index (χ1v) is 8.74. The summed E-state index contributed by atoms with van der Waals surface area (Å²) in [6, 6.07) is 5.57. The van der Waals surface area contributed by atoms with E-state index in [9.17, 15) is 9.50 Å². The molecule has 5 heteroatoms. The van der Waals surface area contributed by atoms with Crippen molar-refractivity contribution < 1.29 is 14.2 Å². The van der Waals surface area contributed by atoms with Gasteiger partial charge in [-0.3, -0.25) is 0 Å². The number of benzene rings is 1. The molecule has 1 aromatic heterocycles. The van der Waals surface area contributed by atoms with Crippen LogP contribution in [0.3, 0.4) is 0 Å². The summed E-state index contributed by atoms with van der Waals surface area (Å²) in [4.78, 5) is 2.26. The Morgan fingerprint density at radius 2 is 2.27 bits per heavy atom. The molecule has 1 aliphatic rings. The molecule has 1 aliphatic heterocycles. The van der Waals surface area contributed by atoms with Crippen molar-refractivity contribution in [1.29, 1.82) is 0 Å². The molecule has 0 radical (unpaired) electrons. The summed E-state index contributed by atoms with van der Waals surface area (Å²) in [5, 5.41) is 12.5. The number of hydrogen-bond donors (Lipinski definition) is 1. The Labute approximate surface area is 134 Å². The monoisotopic (exact) mass is 323 g/mol. The van der Waals surface area contributed by atoms with Crippen molar-refractivity contribution in [2.45, 2.75) is 25.4 Å². The van der Waals surface area contributed by atoms with Crippen LogP contribution in [0.5, 0.6) is 0 Å². The fourth-order valence-corrected chi connectivity index (χ4v) is 3.71. The lowest BCUT2D eigenvalue weighted by molar-refractivity contribution is 0.122. The Morgan fingerprint density at radius 1 is 1.36 bits per heavy atom. The third-order valence-corrected chi connectivity index (χ3v) is 5.03. The molecular formula is C17H22FNO2S. The molecule has 3 nitrogen and oxygen atoms in total. The maximum Gasteiger partial charge on any atom is 0.127 e. The second kappa shape index (κ2) is 7.51. The Hall–Kier alpha value is -1.01. The first-order chi connectivity index (χ1) is 10.7. The lowest BCUT2D eigenvalue weighted by Crippen LogP contribution is -2.24. The standard InChI is InChI=1S/C17H22FNO2S/c18-16-11-17-14(4-9-22-17)10-13(16)3-8-21-7-1-5-19-6-2-15(20)12-19/h4,9-11,15,20H,1-3,5-8,12H2. The van der Waals surface area contributed by atoms with E-state index in [-0.39, 0.29) is 11.9 Å². The zero-order valence-electron chi connectivity index (χ0n) is 12.6. The van der Waals surface area contributed by atoms with Crippen molar-refractivity contribution in [3.8, 4) is 0 Å². The van der Waals surface area contributed by atoms with Crippen LogP contribution in [0.4, 0.5) is 4.39 Å². The van der Waals surface area contributed by atoms with Gasteiger partial charge in [0.15, 0.2) is 0 Å². The van der Waals surface area contributed by atoms with E-state index < -0.39 is 0 Å². The smallest absolute Gasteiger partial charge is 0.127 e. The molecule has 1 unspecified atom stereocenters. The molecule has 1 N–H and O–H groups in total. The van der Waals surface area contributed by atoms with E-state index in [1.54, 1.807) is 17.4 Å². The number of ether oxygens (including phenoxy) is 1. The SMILES string of the molecule is OC1CCN(CCCOCCc2cc3ccsc3cc2F)C1. The number of aliphatic hydroxyl groups is 1. The van der Waals surface area contributed by atoms with Gasteiger partial charge in [-0.05, 0) is 53.8 Å². The normalized spacial score (nSPS) is 19.3. The van der Waals surface area contributed by atoms with Gasteiger partial charge in [-0.2, -0.15) is 0 Å². The molecule has 3 rings (SSSR count). The fourth-order valence-electron chi connectivity index (χ4n) is 2.91. The van der Waals surface area contributed by atoms with Crippen molar-refractivity contribution in [3.05, 3.63) is 35.0 Å². The van der Waals surface area contributed by atoms with E-state index in [1.807, 2.05) is 17.5 Å². The molecular weight excluding hydrogens is 301 g/mol. The van der Waals surface area contributed by atoms with Crippen molar-refractivity contribution >= 4 is 21.4 Å². The summed E-state index contributed by atoms with van der Waals surface area (Å²) in [6.45, 7) is 3.97. The van der Waals surface area contributed by atoms with E-state index >= 15 is 0 Å². The van der Waals surface area contributed by atoms with Crippen LogP contribution in [-0.2, 0) is 11.2 Å². The molecule has 1 saturated heterocycles. The average Bonchev–Trinajstić information content (AvgIpc) is 3.11. The van der Waals surface area contributed by atoms with Crippen LogP contribution >= 0.6 is 11.3 Å². The van der Waals surface area contributed by atoms with Crippen LogP contribution in [0.15, 0.2) is 23.6 Å². The minimum atomic E-state index is -0.157. The second-order valence-electron chi connectivity index (χ2n) is 5.86. The van der Waals surface area contributed by atoms with Gasteiger partial charge in [-0.25, -0.2) is 4.39 Å². The molecule has 1 aromatic carbocycles. The highest BCUT2D eigenvalue weighted by Crippen LogP contribution is 2.24. The van der Waals surface area contributed by atoms with E-state index in [4.69, 9.17) is 4.74 Å². The van der Waals surface area contributed by atoms with Crippen molar-refractivity contribution in [1.82, 2.24) is 4.90 Å². The van der Waals surface area contributed by atoms with E-state index in [0.29, 0.717) is 19.6 Å².